The molecular formula is C29H26F2N4O7S. The van der Waals surface area contributed by atoms with E-state index in [-0.39, 0.29) is 47.8 Å². The number of ether oxygens (including phenoxy) is 3. The second-order valence-electron chi connectivity index (χ2n) is 10.5. The van der Waals surface area contributed by atoms with Gasteiger partial charge in [-0.25, -0.2) is 18.6 Å². The van der Waals surface area contributed by atoms with Crippen LogP contribution in [0.15, 0.2) is 75.2 Å². The number of methoxy groups -OCH3 is 1. The van der Waals surface area contributed by atoms with Crippen LogP contribution >= 0.6 is 11.8 Å². The summed E-state index contributed by atoms with van der Waals surface area (Å²) >= 11 is 1.53. The second-order valence-corrected chi connectivity index (χ2v) is 11.7. The summed E-state index contributed by atoms with van der Waals surface area (Å²) in [7, 11) is 1.13. The van der Waals surface area contributed by atoms with E-state index < -0.39 is 48.5 Å². The van der Waals surface area contributed by atoms with Crippen LogP contribution in [0, 0.1) is 5.92 Å². The molecule has 1 fully saturated rings. The van der Waals surface area contributed by atoms with E-state index in [2.05, 4.69) is 9.72 Å². The fraction of sp³-hybridized carbons (Fsp3) is 0.379. The fourth-order valence-corrected chi connectivity index (χ4v) is 7.73. The Labute approximate surface area is 248 Å². The van der Waals surface area contributed by atoms with Crippen LogP contribution in [-0.4, -0.2) is 69.9 Å². The van der Waals surface area contributed by atoms with Crippen LogP contribution in [-0.2, 0) is 22.4 Å². The zero-order valence-corrected chi connectivity index (χ0v) is 23.7. The fourth-order valence-electron chi connectivity index (χ4n) is 6.40. The van der Waals surface area contributed by atoms with Crippen LogP contribution in [0.25, 0.3) is 0 Å². The van der Waals surface area contributed by atoms with Crippen LogP contribution in [0.1, 0.15) is 28.4 Å². The van der Waals surface area contributed by atoms with E-state index in [4.69, 9.17) is 13.9 Å². The maximum atomic E-state index is 15.5. The molecule has 7 rings (SSSR count). The van der Waals surface area contributed by atoms with E-state index in [9.17, 15) is 18.8 Å². The largest absolute Gasteiger partial charge is 0.510 e. The summed E-state index contributed by atoms with van der Waals surface area (Å²) in [5.41, 5.74) is 0.800. The Kier molecular flexibility index (Phi) is 6.87. The first-order chi connectivity index (χ1) is 20.9. The molecule has 0 saturated carbocycles. The number of carbonyl (C=O) groups excluding carboxylic acids is 2. The number of rotatable bonds is 4. The number of hydrogen-bond acceptors (Lipinski definition) is 10. The Morgan fingerprint density at radius 2 is 2.09 bits per heavy atom. The Morgan fingerprint density at radius 1 is 1.26 bits per heavy atom. The number of fused-ring (bicyclic) bond motifs is 5. The van der Waals surface area contributed by atoms with Gasteiger partial charge in [0.25, 0.3) is 5.91 Å². The molecule has 43 heavy (non-hydrogen) atoms. The first kappa shape index (κ1) is 27.5. The Balaban J connectivity index is 1.42. The third-order valence-corrected chi connectivity index (χ3v) is 9.65. The van der Waals surface area contributed by atoms with Crippen LogP contribution in [0.3, 0.4) is 0 Å². The average molecular weight is 613 g/mol. The number of carbonyl (C=O) groups is 2. The lowest BCUT2D eigenvalue weighted by molar-refractivity contribution is 0.0126. The summed E-state index contributed by atoms with van der Waals surface area (Å²) in [4.78, 5) is 44.7. The minimum atomic E-state index is -1.73. The minimum absolute atomic E-state index is 0.0811. The quantitative estimate of drug-likeness (QED) is 0.375. The third-order valence-electron chi connectivity index (χ3n) is 8.34. The monoisotopic (exact) mass is 612 g/mol. The number of nitrogens with zero attached hydrogens (tertiary/aromatic N) is 4. The lowest BCUT2D eigenvalue weighted by Gasteiger charge is -2.53. The molecule has 5 atom stereocenters. The maximum Gasteiger partial charge on any atom is 0.510 e. The zero-order valence-electron chi connectivity index (χ0n) is 22.9. The summed E-state index contributed by atoms with van der Waals surface area (Å²) < 4.78 is 52.3. The Morgan fingerprint density at radius 3 is 2.93 bits per heavy atom. The van der Waals surface area contributed by atoms with Gasteiger partial charge in [0.2, 0.25) is 18.0 Å². The molecule has 224 valence electrons. The summed E-state index contributed by atoms with van der Waals surface area (Å²) in [6.07, 6.45) is 9.24. The molecule has 0 radical (unpaired) electrons. The number of alkyl halides is 1. The highest BCUT2D eigenvalue weighted by Crippen LogP contribution is 2.46. The summed E-state index contributed by atoms with van der Waals surface area (Å²) in [5.74, 6) is -0.952. The van der Waals surface area contributed by atoms with Gasteiger partial charge in [0.15, 0.2) is 18.3 Å². The lowest BCUT2D eigenvalue weighted by Crippen LogP contribution is -2.68. The molecule has 3 unspecified atom stereocenters. The molecule has 2 aromatic heterocycles. The van der Waals surface area contributed by atoms with Crippen LogP contribution in [0.2, 0.25) is 0 Å². The standard InChI is InChI=1S/C29H26F2N4O7S/c1-39-29(38)42-14-41-27-20(36)8-9-34-26(27)28(37)33-11-19-21(40-13-32-19)10-23(33)35(34)25-15-6-7-18(30)24(31)17(15)12-43-22-5-3-2-4-16(22)25/h2-6,8-9,13,16,18,22-23,25H,7,10-12,14H2,1H3/t16?,18?,22?,23-,25+/m1/s1. The van der Waals surface area contributed by atoms with Crippen LogP contribution in [0.5, 0.6) is 5.75 Å². The Hall–Kier alpha value is -4.33. The van der Waals surface area contributed by atoms with E-state index >= 15 is 4.39 Å². The van der Waals surface area contributed by atoms with E-state index in [1.807, 2.05) is 29.3 Å². The van der Waals surface area contributed by atoms with Crippen molar-refractivity contribution in [1.29, 1.82) is 0 Å². The van der Waals surface area contributed by atoms with Gasteiger partial charge in [0.05, 0.1) is 19.7 Å². The highest BCUT2D eigenvalue weighted by molar-refractivity contribution is 8.00. The van der Waals surface area contributed by atoms with Gasteiger partial charge >= 0.3 is 6.16 Å². The van der Waals surface area contributed by atoms with Gasteiger partial charge in [-0.1, -0.05) is 30.4 Å². The lowest BCUT2D eigenvalue weighted by atomic mass is 9.81. The van der Waals surface area contributed by atoms with Gasteiger partial charge in [0, 0.05) is 47.6 Å². The number of amides is 1. The van der Waals surface area contributed by atoms with Crippen molar-refractivity contribution >= 4 is 23.8 Å². The highest BCUT2D eigenvalue weighted by Gasteiger charge is 2.51. The first-order valence-corrected chi connectivity index (χ1v) is 14.7. The molecule has 2 aliphatic carbocycles. The van der Waals surface area contributed by atoms with Gasteiger partial charge in [-0.3, -0.25) is 19.3 Å². The van der Waals surface area contributed by atoms with Gasteiger partial charge in [-0.2, -0.15) is 0 Å². The molecule has 0 N–H and O–H groups in total. The number of hydrogen-bond donors (Lipinski definition) is 0. The second kappa shape index (κ2) is 10.7. The van der Waals surface area contributed by atoms with Crippen molar-refractivity contribution < 1.29 is 37.0 Å². The molecule has 0 bridgehead atoms. The predicted octanol–water partition coefficient (Wildman–Crippen LogP) is 3.55. The van der Waals surface area contributed by atoms with Crippen molar-refractivity contribution in [3.05, 3.63) is 93.4 Å². The molecule has 0 spiro atoms. The topological polar surface area (TPSA) is 116 Å². The smallest absolute Gasteiger partial charge is 0.451 e. The van der Waals surface area contributed by atoms with Crippen molar-refractivity contribution in [1.82, 2.24) is 14.6 Å². The average Bonchev–Trinajstić information content (AvgIpc) is 3.41. The van der Waals surface area contributed by atoms with Crippen molar-refractivity contribution in [2.75, 3.05) is 24.7 Å². The maximum absolute atomic E-state index is 15.5. The van der Waals surface area contributed by atoms with Crippen molar-refractivity contribution in [2.45, 2.75) is 43.0 Å². The van der Waals surface area contributed by atoms with E-state index in [1.54, 1.807) is 15.7 Å². The minimum Gasteiger partial charge on any atom is -0.451 e. The molecule has 14 heteroatoms. The molecule has 2 aromatic rings. The highest BCUT2D eigenvalue weighted by atomic mass is 32.2. The molecule has 1 saturated heterocycles. The number of allylic oxidation sites excluding steroid dienone is 4. The number of pyridine rings is 1. The zero-order chi connectivity index (χ0) is 29.8. The molecule has 5 heterocycles. The van der Waals surface area contributed by atoms with Crippen LogP contribution in [0.4, 0.5) is 13.6 Å². The molecule has 3 aliphatic heterocycles. The molecule has 1 amide bonds. The number of halogens is 2. The summed E-state index contributed by atoms with van der Waals surface area (Å²) in [5, 5.41) is 1.85. The van der Waals surface area contributed by atoms with Gasteiger partial charge < -0.3 is 23.5 Å². The normalized spacial score (nSPS) is 27.3. The van der Waals surface area contributed by atoms with Gasteiger partial charge in [-0.15, -0.1) is 11.8 Å². The molecule has 0 aromatic carbocycles. The van der Waals surface area contributed by atoms with Gasteiger partial charge in [0.1, 0.15) is 23.4 Å². The van der Waals surface area contributed by atoms with Crippen molar-refractivity contribution in [3.8, 4) is 5.75 Å². The molecular weight excluding hydrogens is 586 g/mol. The summed E-state index contributed by atoms with van der Waals surface area (Å²) in [6, 6.07) is 0.666. The predicted molar refractivity (Wildman–Crippen MR) is 149 cm³/mol. The van der Waals surface area contributed by atoms with Crippen LogP contribution < -0.4 is 15.2 Å². The SMILES string of the molecule is COC(=O)OCOc1c2n(ccc1=O)N([C@H]1C3=CCC(F)C(F)=C3CSC3C=CC=CC31)[C@@H]1Cc3ocnc3CN1C2=O. The number of oxazole rings is 1. The Bertz CT molecular complexity index is 1680. The third kappa shape index (κ3) is 4.46. The van der Waals surface area contributed by atoms with Crippen molar-refractivity contribution in [2.24, 2.45) is 5.92 Å². The van der Waals surface area contributed by atoms with E-state index in [0.29, 0.717) is 22.6 Å². The number of thioether (sulfide) groups is 1. The molecule has 11 nitrogen and oxygen atoms in total. The van der Waals surface area contributed by atoms with E-state index in [1.165, 1.54) is 30.4 Å². The number of aromatic nitrogens is 2. The van der Waals surface area contributed by atoms with Crippen molar-refractivity contribution in [3.63, 3.8) is 0 Å². The molecule has 5 aliphatic rings. The van der Waals surface area contributed by atoms with E-state index in [0.717, 1.165) is 7.11 Å². The first-order valence-electron chi connectivity index (χ1n) is 13.7. The van der Waals surface area contributed by atoms with Gasteiger partial charge in [-0.05, 0) is 5.57 Å². The summed E-state index contributed by atoms with van der Waals surface area (Å²) in [6.45, 7) is -0.594.